The van der Waals surface area contributed by atoms with E-state index in [0.717, 1.165) is 16.4 Å². The van der Waals surface area contributed by atoms with Gasteiger partial charge in [0, 0.05) is 26.9 Å². The van der Waals surface area contributed by atoms with E-state index < -0.39 is 12.5 Å². The smallest absolute Gasteiger partial charge is 0.387 e. The lowest BCUT2D eigenvalue weighted by Crippen LogP contribution is -2.11. The molecule has 0 aliphatic rings. The zero-order valence-electron chi connectivity index (χ0n) is 14.5. The molecule has 0 saturated heterocycles. The predicted molar refractivity (Wildman–Crippen MR) is 105 cm³/mol. The largest absolute Gasteiger partial charge is 0.434 e. The van der Waals surface area contributed by atoms with Crippen LogP contribution in [0, 0.1) is 0 Å². The van der Waals surface area contributed by atoms with Crippen molar-refractivity contribution in [2.24, 2.45) is 5.73 Å². The molecule has 0 radical (unpaired) electrons. The number of halogens is 3. The predicted octanol–water partition coefficient (Wildman–Crippen LogP) is 5.20. The van der Waals surface area contributed by atoms with Crippen molar-refractivity contribution in [1.82, 2.24) is 4.57 Å². The molecule has 0 atom stereocenters. The fourth-order valence-electron chi connectivity index (χ4n) is 3.51. The van der Waals surface area contributed by atoms with Crippen molar-refractivity contribution in [3.8, 4) is 5.75 Å². The summed E-state index contributed by atoms with van der Waals surface area (Å²) in [4.78, 5) is 12.0. The molecule has 4 nitrogen and oxygen atoms in total. The minimum Gasteiger partial charge on any atom is -0.434 e. The summed E-state index contributed by atoms with van der Waals surface area (Å²) >= 11 is 6.19. The van der Waals surface area contributed by atoms with Crippen molar-refractivity contribution in [3.05, 3.63) is 76.8 Å². The number of hydrogen-bond donors (Lipinski definition) is 1. The topological polar surface area (TPSA) is 57.2 Å². The number of carbonyl (C=O) groups is 1. The Balaban J connectivity index is 1.98. The third-order valence-electron chi connectivity index (χ3n) is 4.64. The maximum atomic E-state index is 12.8. The van der Waals surface area contributed by atoms with E-state index in [-0.39, 0.29) is 12.3 Å². The van der Waals surface area contributed by atoms with Crippen LogP contribution in [-0.2, 0) is 6.54 Å². The van der Waals surface area contributed by atoms with E-state index in [1.54, 1.807) is 42.5 Å². The Morgan fingerprint density at radius 2 is 1.86 bits per heavy atom. The van der Waals surface area contributed by atoms with Gasteiger partial charge < -0.3 is 15.0 Å². The zero-order valence-corrected chi connectivity index (χ0v) is 15.3. The van der Waals surface area contributed by atoms with E-state index in [9.17, 15) is 13.6 Å². The molecule has 0 saturated carbocycles. The third-order valence-corrected chi connectivity index (χ3v) is 4.87. The number of carbonyl (C=O) groups excluding carboxylic acids is 1. The molecule has 1 aromatic heterocycles. The summed E-state index contributed by atoms with van der Waals surface area (Å²) in [6.07, 6.45) is 0. The van der Waals surface area contributed by atoms with Crippen LogP contribution in [-0.4, -0.2) is 17.1 Å². The summed E-state index contributed by atoms with van der Waals surface area (Å²) in [6, 6.07) is 17.2. The van der Waals surface area contributed by atoms with Crippen LogP contribution in [0.4, 0.5) is 8.78 Å². The number of primary amides is 1. The highest BCUT2D eigenvalue weighted by atomic mass is 35.5. The number of ether oxygens (including phenoxy) is 1. The number of nitrogens with two attached hydrogens (primary N) is 1. The van der Waals surface area contributed by atoms with Gasteiger partial charge in [-0.3, -0.25) is 4.79 Å². The van der Waals surface area contributed by atoms with Crippen LogP contribution in [0.2, 0.25) is 5.02 Å². The summed E-state index contributed by atoms with van der Waals surface area (Å²) < 4.78 is 32.1. The standard InChI is InChI=1S/C21H15ClF2N2O2/c22-13-8-9-14-17(10-13)26(16-6-3-5-15(19(14)16)20(25)27)11-12-4-1-2-7-18(12)28-21(23)24/h1-10,21H,11H2,(H2,25,27). The van der Waals surface area contributed by atoms with Gasteiger partial charge in [0.15, 0.2) is 0 Å². The van der Waals surface area contributed by atoms with Crippen molar-refractivity contribution < 1.29 is 18.3 Å². The monoisotopic (exact) mass is 400 g/mol. The highest BCUT2D eigenvalue weighted by Gasteiger charge is 2.18. The van der Waals surface area contributed by atoms with E-state index in [1.807, 2.05) is 16.7 Å². The second-order valence-corrected chi connectivity index (χ2v) is 6.73. The van der Waals surface area contributed by atoms with Gasteiger partial charge in [0.2, 0.25) is 5.91 Å². The molecule has 7 heteroatoms. The summed E-state index contributed by atoms with van der Waals surface area (Å²) in [5.74, 6) is -0.443. The number of hydrogen-bond acceptors (Lipinski definition) is 2. The molecule has 0 aliphatic carbocycles. The number of nitrogens with zero attached hydrogens (tertiary/aromatic N) is 1. The second-order valence-electron chi connectivity index (χ2n) is 6.30. The molecule has 0 aliphatic heterocycles. The number of alkyl halides is 2. The maximum absolute atomic E-state index is 12.8. The van der Waals surface area contributed by atoms with Crippen molar-refractivity contribution in [2.45, 2.75) is 13.2 Å². The van der Waals surface area contributed by atoms with Crippen LogP contribution in [0.5, 0.6) is 5.75 Å². The fraction of sp³-hybridized carbons (Fsp3) is 0.0952. The molecule has 0 bridgehead atoms. The first kappa shape index (κ1) is 18.3. The van der Waals surface area contributed by atoms with Gasteiger partial charge >= 0.3 is 6.61 Å². The first-order valence-electron chi connectivity index (χ1n) is 8.48. The lowest BCUT2D eigenvalue weighted by Gasteiger charge is -2.13. The number of fused-ring (bicyclic) bond motifs is 3. The van der Waals surface area contributed by atoms with Crippen LogP contribution < -0.4 is 10.5 Å². The molecule has 28 heavy (non-hydrogen) atoms. The summed E-state index contributed by atoms with van der Waals surface area (Å²) in [5, 5.41) is 2.03. The van der Waals surface area contributed by atoms with Crippen LogP contribution in [0.25, 0.3) is 21.8 Å². The van der Waals surface area contributed by atoms with E-state index >= 15 is 0 Å². The summed E-state index contributed by atoms with van der Waals surface area (Å²) in [6.45, 7) is -2.67. The second kappa shape index (κ2) is 7.13. The van der Waals surface area contributed by atoms with Crippen molar-refractivity contribution in [2.75, 3.05) is 0 Å². The molecule has 4 aromatic rings. The molecule has 0 unspecified atom stereocenters. The number of amides is 1. The highest BCUT2D eigenvalue weighted by molar-refractivity contribution is 6.32. The van der Waals surface area contributed by atoms with Crippen LogP contribution in [0.15, 0.2) is 60.7 Å². The van der Waals surface area contributed by atoms with Crippen LogP contribution in [0.1, 0.15) is 15.9 Å². The maximum Gasteiger partial charge on any atom is 0.387 e. The average Bonchev–Trinajstić information content (AvgIpc) is 2.96. The van der Waals surface area contributed by atoms with Gasteiger partial charge in [-0.25, -0.2) is 0 Å². The highest BCUT2D eigenvalue weighted by Crippen LogP contribution is 2.34. The Morgan fingerprint density at radius 3 is 2.61 bits per heavy atom. The quantitative estimate of drug-likeness (QED) is 0.500. The first-order valence-corrected chi connectivity index (χ1v) is 8.86. The van der Waals surface area contributed by atoms with Crippen molar-refractivity contribution in [1.29, 1.82) is 0 Å². The van der Waals surface area contributed by atoms with Crippen LogP contribution >= 0.6 is 11.6 Å². The number of para-hydroxylation sites is 1. The fourth-order valence-corrected chi connectivity index (χ4v) is 3.68. The average molecular weight is 401 g/mol. The zero-order chi connectivity index (χ0) is 19.8. The molecule has 0 spiro atoms. The lowest BCUT2D eigenvalue weighted by atomic mass is 10.1. The molecular weight excluding hydrogens is 386 g/mol. The Hall–Kier alpha value is -3.12. The Labute approximate surface area is 164 Å². The molecular formula is C21H15ClF2N2O2. The molecule has 1 heterocycles. The Bertz CT molecular complexity index is 1200. The van der Waals surface area contributed by atoms with Gasteiger partial charge in [-0.15, -0.1) is 0 Å². The SMILES string of the molecule is NC(=O)c1cccc2c1c1ccc(Cl)cc1n2Cc1ccccc1OC(F)F. The molecule has 1 amide bonds. The van der Waals surface area contributed by atoms with Crippen LogP contribution in [0.3, 0.4) is 0 Å². The minimum absolute atomic E-state index is 0.0978. The van der Waals surface area contributed by atoms with E-state index in [4.69, 9.17) is 17.3 Å². The molecule has 0 fully saturated rings. The molecule has 142 valence electrons. The molecule has 2 N–H and O–H groups in total. The first-order chi connectivity index (χ1) is 13.5. The Morgan fingerprint density at radius 1 is 1.07 bits per heavy atom. The third kappa shape index (κ3) is 3.16. The normalized spacial score (nSPS) is 11.4. The van der Waals surface area contributed by atoms with E-state index in [1.165, 1.54) is 6.07 Å². The van der Waals surface area contributed by atoms with E-state index in [0.29, 0.717) is 21.5 Å². The van der Waals surface area contributed by atoms with Gasteiger partial charge in [0.05, 0.1) is 17.6 Å². The van der Waals surface area contributed by atoms with Crippen molar-refractivity contribution >= 4 is 39.3 Å². The van der Waals surface area contributed by atoms with Gasteiger partial charge in [0.1, 0.15) is 5.75 Å². The van der Waals surface area contributed by atoms with Gasteiger partial charge in [-0.05, 0) is 30.3 Å². The van der Waals surface area contributed by atoms with Gasteiger partial charge in [-0.2, -0.15) is 8.78 Å². The van der Waals surface area contributed by atoms with Gasteiger partial charge in [0.25, 0.3) is 0 Å². The number of aromatic nitrogens is 1. The summed E-state index contributed by atoms with van der Waals surface area (Å²) in [7, 11) is 0. The van der Waals surface area contributed by atoms with Gasteiger partial charge in [-0.1, -0.05) is 41.9 Å². The number of rotatable bonds is 5. The summed E-state index contributed by atoms with van der Waals surface area (Å²) in [5.41, 5.74) is 8.05. The molecule has 4 rings (SSSR count). The molecule has 3 aromatic carbocycles. The van der Waals surface area contributed by atoms with Crippen molar-refractivity contribution in [3.63, 3.8) is 0 Å². The minimum atomic E-state index is -2.92. The number of benzene rings is 3. The lowest BCUT2D eigenvalue weighted by molar-refractivity contribution is -0.0504. The Kier molecular flexibility index (Phi) is 4.65. The van der Waals surface area contributed by atoms with E-state index in [2.05, 4.69) is 4.74 Å².